The molecule has 0 aliphatic carbocycles. The van der Waals surface area contributed by atoms with Crippen LogP contribution in [0.5, 0.6) is 11.5 Å². The van der Waals surface area contributed by atoms with Gasteiger partial charge in [0.2, 0.25) is 6.79 Å². The van der Waals surface area contributed by atoms with Gasteiger partial charge in [-0.3, -0.25) is 0 Å². The molecular formula is C16H10N4O2. The van der Waals surface area contributed by atoms with Crippen LogP contribution in [0.3, 0.4) is 0 Å². The summed E-state index contributed by atoms with van der Waals surface area (Å²) in [6, 6.07) is 14.9. The average Bonchev–Trinajstić information content (AvgIpc) is 3.23. The number of aromatic nitrogens is 3. The summed E-state index contributed by atoms with van der Waals surface area (Å²) in [6.45, 7) is 0.243. The second-order valence-corrected chi connectivity index (χ2v) is 4.78. The van der Waals surface area contributed by atoms with E-state index in [9.17, 15) is 0 Å². The molecule has 1 aliphatic rings. The van der Waals surface area contributed by atoms with Crippen molar-refractivity contribution in [2.24, 2.45) is 0 Å². The SMILES string of the molecule is N#Cc1ccc(-c2cn(-c3ccc4c(c3)OCO4)nn2)cc1. The van der Waals surface area contributed by atoms with E-state index in [2.05, 4.69) is 16.4 Å². The van der Waals surface area contributed by atoms with Crippen LogP contribution in [-0.2, 0) is 0 Å². The maximum atomic E-state index is 8.82. The fourth-order valence-electron chi connectivity index (χ4n) is 2.27. The Morgan fingerprint density at radius 3 is 2.68 bits per heavy atom. The Bertz CT molecular complexity index is 878. The molecule has 6 heteroatoms. The van der Waals surface area contributed by atoms with E-state index in [-0.39, 0.29) is 6.79 Å². The van der Waals surface area contributed by atoms with Gasteiger partial charge in [0.05, 0.1) is 23.5 Å². The number of nitriles is 1. The summed E-state index contributed by atoms with van der Waals surface area (Å²) in [5.41, 5.74) is 3.11. The van der Waals surface area contributed by atoms with Gasteiger partial charge < -0.3 is 9.47 Å². The largest absolute Gasteiger partial charge is 0.454 e. The fourth-order valence-corrected chi connectivity index (χ4v) is 2.27. The lowest BCUT2D eigenvalue weighted by Crippen LogP contribution is -1.94. The summed E-state index contributed by atoms with van der Waals surface area (Å²) in [7, 11) is 0. The molecule has 0 unspecified atom stereocenters. The number of hydrogen-bond acceptors (Lipinski definition) is 5. The monoisotopic (exact) mass is 290 g/mol. The molecule has 2 heterocycles. The predicted octanol–water partition coefficient (Wildman–Crippen LogP) is 2.53. The molecule has 0 fully saturated rings. The highest BCUT2D eigenvalue weighted by atomic mass is 16.7. The van der Waals surface area contributed by atoms with E-state index in [4.69, 9.17) is 14.7 Å². The Morgan fingerprint density at radius 2 is 1.86 bits per heavy atom. The summed E-state index contributed by atoms with van der Waals surface area (Å²) in [5, 5.41) is 17.1. The zero-order valence-electron chi connectivity index (χ0n) is 11.4. The number of fused-ring (bicyclic) bond motifs is 1. The molecule has 3 aromatic rings. The molecule has 1 aliphatic heterocycles. The number of benzene rings is 2. The standard InChI is InChI=1S/C16H10N4O2/c17-8-11-1-3-12(4-2-11)14-9-20(19-18-14)13-5-6-15-16(7-13)22-10-21-15/h1-7,9H,10H2. The maximum Gasteiger partial charge on any atom is 0.231 e. The van der Waals surface area contributed by atoms with Gasteiger partial charge in [-0.25, -0.2) is 4.68 Å². The Kier molecular flexibility index (Phi) is 2.76. The third-order valence-electron chi connectivity index (χ3n) is 3.42. The van der Waals surface area contributed by atoms with Crippen molar-refractivity contribution in [1.29, 1.82) is 5.26 Å². The van der Waals surface area contributed by atoms with Crippen LogP contribution in [0.15, 0.2) is 48.7 Å². The molecule has 4 rings (SSSR count). The van der Waals surface area contributed by atoms with E-state index in [1.807, 2.05) is 36.5 Å². The van der Waals surface area contributed by atoms with E-state index in [1.54, 1.807) is 16.8 Å². The molecule has 0 saturated heterocycles. The van der Waals surface area contributed by atoms with Crippen molar-refractivity contribution < 1.29 is 9.47 Å². The van der Waals surface area contributed by atoms with Crippen LogP contribution in [0.1, 0.15) is 5.56 Å². The van der Waals surface area contributed by atoms with Gasteiger partial charge in [0.1, 0.15) is 5.69 Å². The van der Waals surface area contributed by atoms with E-state index in [0.717, 1.165) is 22.7 Å². The fraction of sp³-hybridized carbons (Fsp3) is 0.0625. The minimum absolute atomic E-state index is 0.243. The molecule has 0 atom stereocenters. The topological polar surface area (TPSA) is 73.0 Å². The zero-order chi connectivity index (χ0) is 14.9. The van der Waals surface area contributed by atoms with Gasteiger partial charge in [-0.2, -0.15) is 5.26 Å². The lowest BCUT2D eigenvalue weighted by atomic mass is 10.1. The van der Waals surface area contributed by atoms with Crippen molar-refractivity contribution in [3.8, 4) is 34.5 Å². The van der Waals surface area contributed by atoms with Crippen molar-refractivity contribution in [2.75, 3.05) is 6.79 Å². The van der Waals surface area contributed by atoms with E-state index in [0.29, 0.717) is 11.3 Å². The number of nitrogens with zero attached hydrogens (tertiary/aromatic N) is 4. The highest BCUT2D eigenvalue weighted by Crippen LogP contribution is 2.33. The third-order valence-corrected chi connectivity index (χ3v) is 3.42. The molecule has 1 aromatic heterocycles. The molecule has 0 bridgehead atoms. The molecule has 22 heavy (non-hydrogen) atoms. The number of rotatable bonds is 2. The van der Waals surface area contributed by atoms with Crippen molar-refractivity contribution in [3.63, 3.8) is 0 Å². The minimum atomic E-state index is 0.243. The van der Waals surface area contributed by atoms with Crippen LogP contribution >= 0.6 is 0 Å². The molecule has 6 nitrogen and oxygen atoms in total. The Morgan fingerprint density at radius 1 is 1.05 bits per heavy atom. The smallest absolute Gasteiger partial charge is 0.231 e. The molecule has 0 N–H and O–H groups in total. The average molecular weight is 290 g/mol. The predicted molar refractivity (Wildman–Crippen MR) is 77.6 cm³/mol. The number of ether oxygens (including phenoxy) is 2. The van der Waals surface area contributed by atoms with Gasteiger partial charge in [-0.05, 0) is 24.3 Å². The molecule has 0 amide bonds. The lowest BCUT2D eigenvalue weighted by Gasteiger charge is -2.01. The van der Waals surface area contributed by atoms with Crippen molar-refractivity contribution >= 4 is 0 Å². The van der Waals surface area contributed by atoms with Crippen molar-refractivity contribution in [2.45, 2.75) is 0 Å². The van der Waals surface area contributed by atoms with E-state index >= 15 is 0 Å². The Balaban J connectivity index is 1.67. The second-order valence-electron chi connectivity index (χ2n) is 4.78. The maximum absolute atomic E-state index is 8.82. The van der Waals surface area contributed by atoms with Crippen LogP contribution in [0.4, 0.5) is 0 Å². The molecular weight excluding hydrogens is 280 g/mol. The summed E-state index contributed by atoms with van der Waals surface area (Å²) < 4.78 is 12.3. The van der Waals surface area contributed by atoms with Crippen LogP contribution in [0, 0.1) is 11.3 Å². The molecule has 106 valence electrons. The van der Waals surface area contributed by atoms with Crippen LogP contribution in [0.25, 0.3) is 16.9 Å². The Hall–Kier alpha value is -3.33. The van der Waals surface area contributed by atoms with Gasteiger partial charge in [0, 0.05) is 11.6 Å². The summed E-state index contributed by atoms with van der Waals surface area (Å²) >= 11 is 0. The van der Waals surface area contributed by atoms with Crippen molar-refractivity contribution in [3.05, 3.63) is 54.2 Å². The van der Waals surface area contributed by atoms with Crippen LogP contribution in [0.2, 0.25) is 0 Å². The zero-order valence-corrected chi connectivity index (χ0v) is 11.4. The summed E-state index contributed by atoms with van der Waals surface area (Å²) in [6.07, 6.45) is 1.83. The molecule has 0 spiro atoms. The molecule has 0 saturated carbocycles. The van der Waals surface area contributed by atoms with Crippen molar-refractivity contribution in [1.82, 2.24) is 15.0 Å². The van der Waals surface area contributed by atoms with E-state index in [1.165, 1.54) is 0 Å². The quantitative estimate of drug-likeness (QED) is 0.725. The van der Waals surface area contributed by atoms with Gasteiger partial charge >= 0.3 is 0 Å². The number of hydrogen-bond donors (Lipinski definition) is 0. The molecule has 2 aromatic carbocycles. The first-order valence-corrected chi connectivity index (χ1v) is 6.66. The highest BCUT2D eigenvalue weighted by molar-refractivity contribution is 5.60. The first-order chi connectivity index (χ1) is 10.8. The summed E-state index contributed by atoms with van der Waals surface area (Å²) in [4.78, 5) is 0. The third kappa shape index (κ3) is 2.05. The second kappa shape index (κ2) is 4.90. The van der Waals surface area contributed by atoms with E-state index < -0.39 is 0 Å². The van der Waals surface area contributed by atoms with Crippen LogP contribution in [-0.4, -0.2) is 21.8 Å². The van der Waals surface area contributed by atoms with Crippen LogP contribution < -0.4 is 9.47 Å². The lowest BCUT2D eigenvalue weighted by molar-refractivity contribution is 0.174. The minimum Gasteiger partial charge on any atom is -0.454 e. The first kappa shape index (κ1) is 12.4. The van der Waals surface area contributed by atoms with Gasteiger partial charge in [-0.1, -0.05) is 17.3 Å². The van der Waals surface area contributed by atoms with Gasteiger partial charge in [0.15, 0.2) is 11.5 Å². The molecule has 0 radical (unpaired) electrons. The Labute approximate surface area is 126 Å². The summed E-state index contributed by atoms with van der Waals surface area (Å²) in [5.74, 6) is 1.43. The van der Waals surface area contributed by atoms with Gasteiger partial charge in [-0.15, -0.1) is 5.10 Å². The normalized spacial score (nSPS) is 12.1. The first-order valence-electron chi connectivity index (χ1n) is 6.66. The highest BCUT2D eigenvalue weighted by Gasteiger charge is 2.14. The van der Waals surface area contributed by atoms with Gasteiger partial charge in [0.25, 0.3) is 0 Å².